The fraction of sp³-hybridized carbons (Fsp3) is 0.533. The molecule has 0 aliphatic carbocycles. The van der Waals surface area contributed by atoms with Gasteiger partial charge in [0, 0.05) is 18.6 Å². The van der Waals surface area contributed by atoms with Crippen LogP contribution in [0, 0.1) is 0 Å². The molecule has 1 fully saturated rings. The van der Waals surface area contributed by atoms with Crippen LogP contribution in [0.2, 0.25) is 0 Å². The van der Waals surface area contributed by atoms with Crippen molar-refractivity contribution in [1.82, 2.24) is 0 Å². The highest BCUT2D eigenvalue weighted by Gasteiger charge is 2.38. The van der Waals surface area contributed by atoms with Crippen molar-refractivity contribution in [3.63, 3.8) is 0 Å². The maximum Gasteiger partial charge on any atom is 0.194 e. The molecule has 0 radical (unpaired) electrons. The van der Waals surface area contributed by atoms with Crippen LogP contribution in [-0.4, -0.2) is 24.1 Å². The second kappa shape index (κ2) is 4.09. The number of hydrogen-bond donors (Lipinski definition) is 0. The fourth-order valence-corrected chi connectivity index (χ4v) is 2.83. The Morgan fingerprint density at radius 2 is 2.28 bits per heavy atom. The smallest absolute Gasteiger partial charge is 0.194 e. The van der Waals surface area contributed by atoms with E-state index in [1.165, 1.54) is 0 Å². The molecule has 0 amide bonds. The number of benzene rings is 1. The minimum atomic E-state index is -0.626. The van der Waals surface area contributed by atoms with Gasteiger partial charge in [-0.25, -0.2) is 0 Å². The maximum atomic E-state index is 12.5. The van der Waals surface area contributed by atoms with Crippen LogP contribution in [0.5, 0.6) is 5.75 Å². The van der Waals surface area contributed by atoms with Gasteiger partial charge in [-0.2, -0.15) is 0 Å². The third-order valence-electron chi connectivity index (χ3n) is 3.86. The number of carbonyl (C=O) groups excluding carboxylic acids is 1. The van der Waals surface area contributed by atoms with Gasteiger partial charge in [-0.15, -0.1) is 0 Å². The summed E-state index contributed by atoms with van der Waals surface area (Å²) in [5.41, 5.74) is 1.25. The molecule has 2 aliphatic heterocycles. The van der Waals surface area contributed by atoms with Gasteiger partial charge >= 0.3 is 0 Å². The lowest BCUT2D eigenvalue weighted by atomic mass is 9.91. The second-order valence-electron chi connectivity index (χ2n) is 5.47. The van der Waals surface area contributed by atoms with Crippen molar-refractivity contribution in [3.8, 4) is 5.75 Å². The summed E-state index contributed by atoms with van der Waals surface area (Å²) in [5.74, 6) is 1.01. The largest absolute Gasteiger partial charge is 0.490 e. The normalized spacial score (nSPS) is 30.0. The minimum absolute atomic E-state index is 0.0994. The molecule has 2 aliphatic rings. The standard InChI is InChI=1S/C15H18O3/c1-10-8-12-9-11(4-5-13(12)18-10)14(16)15(2)6-3-7-17-15/h4-5,9-10H,3,6-8H2,1-2H3. The van der Waals surface area contributed by atoms with E-state index in [1.54, 1.807) is 0 Å². The minimum Gasteiger partial charge on any atom is -0.490 e. The molecule has 2 atom stereocenters. The zero-order valence-corrected chi connectivity index (χ0v) is 10.9. The Morgan fingerprint density at radius 3 is 3.00 bits per heavy atom. The Hall–Kier alpha value is -1.35. The molecular formula is C15H18O3. The first-order chi connectivity index (χ1) is 8.58. The third-order valence-corrected chi connectivity index (χ3v) is 3.86. The Labute approximate surface area is 107 Å². The third kappa shape index (κ3) is 1.83. The SMILES string of the molecule is CC1Cc2cc(C(=O)C3(C)CCCO3)ccc2O1. The van der Waals surface area contributed by atoms with Crippen molar-refractivity contribution in [2.45, 2.75) is 44.8 Å². The first-order valence-corrected chi connectivity index (χ1v) is 6.57. The summed E-state index contributed by atoms with van der Waals surface area (Å²) in [6, 6.07) is 5.73. The maximum absolute atomic E-state index is 12.5. The highest BCUT2D eigenvalue weighted by atomic mass is 16.5. The van der Waals surface area contributed by atoms with E-state index in [2.05, 4.69) is 0 Å². The van der Waals surface area contributed by atoms with Crippen LogP contribution in [0.25, 0.3) is 0 Å². The zero-order chi connectivity index (χ0) is 12.8. The van der Waals surface area contributed by atoms with Crippen LogP contribution >= 0.6 is 0 Å². The molecule has 0 aromatic heterocycles. The molecule has 18 heavy (non-hydrogen) atoms. The van der Waals surface area contributed by atoms with Gasteiger partial charge in [0.25, 0.3) is 0 Å². The van der Waals surface area contributed by atoms with Crippen molar-refractivity contribution in [3.05, 3.63) is 29.3 Å². The van der Waals surface area contributed by atoms with E-state index in [4.69, 9.17) is 9.47 Å². The highest BCUT2D eigenvalue weighted by molar-refractivity contribution is 6.02. The van der Waals surface area contributed by atoms with E-state index in [0.717, 1.165) is 36.1 Å². The molecule has 2 unspecified atom stereocenters. The number of hydrogen-bond acceptors (Lipinski definition) is 3. The summed E-state index contributed by atoms with van der Waals surface area (Å²) < 4.78 is 11.3. The van der Waals surface area contributed by atoms with Crippen LogP contribution in [0.3, 0.4) is 0 Å². The van der Waals surface area contributed by atoms with E-state index >= 15 is 0 Å². The molecule has 0 bridgehead atoms. The Bertz CT molecular complexity index is 487. The van der Waals surface area contributed by atoms with Crippen LogP contribution in [0.1, 0.15) is 42.6 Å². The number of ketones is 1. The molecule has 1 aromatic carbocycles. The van der Waals surface area contributed by atoms with Crippen molar-refractivity contribution in [1.29, 1.82) is 0 Å². The summed E-state index contributed by atoms with van der Waals surface area (Å²) in [6.45, 7) is 4.63. The lowest BCUT2D eigenvalue weighted by molar-refractivity contribution is 0.0213. The molecule has 96 valence electrons. The number of ether oxygens (including phenoxy) is 2. The summed E-state index contributed by atoms with van der Waals surface area (Å²) in [4.78, 5) is 12.5. The number of fused-ring (bicyclic) bond motifs is 1. The van der Waals surface area contributed by atoms with E-state index < -0.39 is 5.60 Å². The number of Topliss-reactive ketones (excluding diaryl/α,β-unsaturated/α-hetero) is 1. The van der Waals surface area contributed by atoms with Crippen LogP contribution < -0.4 is 4.74 Å². The first kappa shape index (κ1) is 11.7. The van der Waals surface area contributed by atoms with Crippen LogP contribution in [0.15, 0.2) is 18.2 Å². The van der Waals surface area contributed by atoms with Crippen molar-refractivity contribution in [2.24, 2.45) is 0 Å². The van der Waals surface area contributed by atoms with Gasteiger partial charge in [-0.1, -0.05) is 0 Å². The Kier molecular flexibility index (Phi) is 2.67. The lowest BCUT2D eigenvalue weighted by Crippen LogP contribution is -2.34. The quantitative estimate of drug-likeness (QED) is 0.753. The number of rotatable bonds is 2. The molecule has 0 saturated carbocycles. The predicted octanol–water partition coefficient (Wildman–Crippen LogP) is 2.76. The van der Waals surface area contributed by atoms with Crippen LogP contribution in [0.4, 0.5) is 0 Å². The zero-order valence-electron chi connectivity index (χ0n) is 10.9. The van der Waals surface area contributed by atoms with Crippen molar-refractivity contribution < 1.29 is 14.3 Å². The van der Waals surface area contributed by atoms with Gasteiger partial charge in [0.05, 0.1) is 0 Å². The van der Waals surface area contributed by atoms with Gasteiger partial charge in [-0.05, 0) is 50.5 Å². The predicted molar refractivity (Wildman–Crippen MR) is 68.2 cm³/mol. The van der Waals surface area contributed by atoms with Gasteiger partial charge in [-0.3, -0.25) is 4.79 Å². The molecule has 1 saturated heterocycles. The second-order valence-corrected chi connectivity index (χ2v) is 5.47. The fourth-order valence-electron chi connectivity index (χ4n) is 2.83. The van der Waals surface area contributed by atoms with Gasteiger partial charge in [0.1, 0.15) is 17.5 Å². The Balaban J connectivity index is 1.89. The van der Waals surface area contributed by atoms with Gasteiger partial charge < -0.3 is 9.47 Å². The van der Waals surface area contributed by atoms with E-state index in [1.807, 2.05) is 32.0 Å². The topological polar surface area (TPSA) is 35.5 Å². The summed E-state index contributed by atoms with van der Waals surface area (Å²) in [5, 5.41) is 0. The molecule has 0 spiro atoms. The van der Waals surface area contributed by atoms with Crippen LogP contribution in [-0.2, 0) is 11.2 Å². The summed E-state index contributed by atoms with van der Waals surface area (Å²) >= 11 is 0. The highest BCUT2D eigenvalue weighted by Crippen LogP contribution is 2.33. The molecule has 0 N–H and O–H groups in total. The van der Waals surface area contributed by atoms with Gasteiger partial charge in [0.2, 0.25) is 0 Å². The van der Waals surface area contributed by atoms with Crippen molar-refractivity contribution >= 4 is 5.78 Å². The molecule has 3 rings (SSSR count). The Morgan fingerprint density at radius 1 is 1.44 bits per heavy atom. The van der Waals surface area contributed by atoms with Gasteiger partial charge in [0.15, 0.2) is 5.78 Å². The van der Waals surface area contributed by atoms with E-state index in [9.17, 15) is 4.79 Å². The molecule has 3 nitrogen and oxygen atoms in total. The van der Waals surface area contributed by atoms with Crippen molar-refractivity contribution in [2.75, 3.05) is 6.61 Å². The average Bonchev–Trinajstić information content (AvgIpc) is 2.93. The summed E-state index contributed by atoms with van der Waals surface area (Å²) in [7, 11) is 0. The molecule has 2 heterocycles. The average molecular weight is 246 g/mol. The van der Waals surface area contributed by atoms with E-state index in [-0.39, 0.29) is 11.9 Å². The summed E-state index contributed by atoms with van der Waals surface area (Å²) in [6.07, 6.45) is 2.88. The first-order valence-electron chi connectivity index (χ1n) is 6.57. The number of carbonyl (C=O) groups is 1. The molecule has 3 heteroatoms. The lowest BCUT2D eigenvalue weighted by Gasteiger charge is -2.21. The van der Waals surface area contributed by atoms with E-state index in [0.29, 0.717) is 6.61 Å². The molecule has 1 aromatic rings. The monoisotopic (exact) mass is 246 g/mol. The molecular weight excluding hydrogens is 228 g/mol.